The summed E-state index contributed by atoms with van der Waals surface area (Å²) < 4.78 is 0. The summed E-state index contributed by atoms with van der Waals surface area (Å²) in [5.74, 6) is 1.43. The van der Waals surface area contributed by atoms with Gasteiger partial charge in [0.05, 0.1) is 6.61 Å². The van der Waals surface area contributed by atoms with E-state index < -0.39 is 0 Å². The van der Waals surface area contributed by atoms with Gasteiger partial charge in [0.25, 0.3) is 0 Å². The first-order valence-corrected chi connectivity index (χ1v) is 7.31. The SMILES string of the molecule is Cc1nc(N(CC(C)C)C2CCCC2)ncc1CO. The summed E-state index contributed by atoms with van der Waals surface area (Å²) in [6.07, 6.45) is 6.88. The van der Waals surface area contributed by atoms with Crippen LogP contribution >= 0.6 is 0 Å². The van der Waals surface area contributed by atoms with Crippen LogP contribution in [0.4, 0.5) is 5.95 Å². The number of aliphatic hydroxyl groups excluding tert-OH is 1. The fourth-order valence-electron chi connectivity index (χ4n) is 2.78. The molecule has 1 N–H and O–H groups in total. The monoisotopic (exact) mass is 263 g/mol. The lowest BCUT2D eigenvalue weighted by atomic mass is 10.1. The molecule has 1 aromatic heterocycles. The highest BCUT2D eigenvalue weighted by Gasteiger charge is 2.25. The predicted octanol–water partition coefficient (Wildman–Crippen LogP) is 2.68. The van der Waals surface area contributed by atoms with Crippen molar-refractivity contribution >= 4 is 5.95 Å². The molecule has 0 atom stereocenters. The van der Waals surface area contributed by atoms with Crippen LogP contribution in [0.15, 0.2) is 6.20 Å². The number of hydrogen-bond acceptors (Lipinski definition) is 4. The Labute approximate surface area is 115 Å². The third-order valence-corrected chi connectivity index (χ3v) is 3.82. The number of anilines is 1. The first kappa shape index (κ1) is 14.3. The summed E-state index contributed by atoms with van der Waals surface area (Å²) in [6.45, 7) is 7.43. The van der Waals surface area contributed by atoms with Crippen LogP contribution < -0.4 is 4.90 Å². The first-order chi connectivity index (χ1) is 9.11. The Kier molecular flexibility index (Phi) is 4.75. The van der Waals surface area contributed by atoms with E-state index in [0.29, 0.717) is 12.0 Å². The molecule has 0 radical (unpaired) electrons. The molecule has 4 heteroatoms. The fourth-order valence-corrected chi connectivity index (χ4v) is 2.78. The smallest absolute Gasteiger partial charge is 0.225 e. The first-order valence-electron chi connectivity index (χ1n) is 7.31. The summed E-state index contributed by atoms with van der Waals surface area (Å²) in [6, 6.07) is 0.585. The van der Waals surface area contributed by atoms with Crippen molar-refractivity contribution in [1.82, 2.24) is 9.97 Å². The van der Waals surface area contributed by atoms with Crippen LogP contribution in [0, 0.1) is 12.8 Å². The van der Waals surface area contributed by atoms with Crippen molar-refractivity contribution in [3.63, 3.8) is 0 Å². The van der Waals surface area contributed by atoms with Crippen LogP contribution in [0.5, 0.6) is 0 Å². The highest BCUT2D eigenvalue weighted by Crippen LogP contribution is 2.27. The highest BCUT2D eigenvalue weighted by atomic mass is 16.3. The van der Waals surface area contributed by atoms with Crippen molar-refractivity contribution in [2.45, 2.75) is 59.1 Å². The fraction of sp³-hybridized carbons (Fsp3) is 0.733. The van der Waals surface area contributed by atoms with Gasteiger partial charge in [-0.05, 0) is 25.7 Å². The largest absolute Gasteiger partial charge is 0.392 e. The zero-order valence-electron chi connectivity index (χ0n) is 12.3. The van der Waals surface area contributed by atoms with E-state index in [-0.39, 0.29) is 6.61 Å². The van der Waals surface area contributed by atoms with Crippen LogP contribution in [0.3, 0.4) is 0 Å². The second-order valence-electron chi connectivity index (χ2n) is 5.92. The molecule has 19 heavy (non-hydrogen) atoms. The van der Waals surface area contributed by atoms with Gasteiger partial charge in [0.1, 0.15) is 0 Å². The molecule has 0 unspecified atom stereocenters. The highest BCUT2D eigenvalue weighted by molar-refractivity contribution is 5.34. The molecule has 0 aliphatic heterocycles. The van der Waals surface area contributed by atoms with Gasteiger partial charge in [0.2, 0.25) is 5.95 Å². The lowest BCUT2D eigenvalue weighted by Crippen LogP contribution is -2.37. The summed E-state index contributed by atoms with van der Waals surface area (Å²) in [5.41, 5.74) is 1.71. The van der Waals surface area contributed by atoms with Crippen molar-refractivity contribution in [2.75, 3.05) is 11.4 Å². The van der Waals surface area contributed by atoms with Crippen molar-refractivity contribution < 1.29 is 5.11 Å². The second kappa shape index (κ2) is 6.33. The van der Waals surface area contributed by atoms with Crippen molar-refractivity contribution in [3.05, 3.63) is 17.5 Å². The number of nitrogens with zero attached hydrogens (tertiary/aromatic N) is 3. The Morgan fingerprint density at radius 1 is 1.37 bits per heavy atom. The average molecular weight is 263 g/mol. The van der Waals surface area contributed by atoms with Crippen molar-refractivity contribution in [3.8, 4) is 0 Å². The molecule has 0 spiro atoms. The Morgan fingerprint density at radius 2 is 2.05 bits per heavy atom. The molecule has 2 rings (SSSR count). The minimum atomic E-state index is 0.0136. The quantitative estimate of drug-likeness (QED) is 0.887. The van der Waals surface area contributed by atoms with Gasteiger partial charge in [-0.15, -0.1) is 0 Å². The van der Waals surface area contributed by atoms with Crippen LogP contribution in [-0.4, -0.2) is 27.7 Å². The summed E-state index contributed by atoms with van der Waals surface area (Å²) in [4.78, 5) is 11.4. The molecule has 4 nitrogen and oxygen atoms in total. The third kappa shape index (κ3) is 3.44. The van der Waals surface area contributed by atoms with Gasteiger partial charge in [-0.2, -0.15) is 0 Å². The van der Waals surface area contributed by atoms with Crippen molar-refractivity contribution in [1.29, 1.82) is 0 Å². The van der Waals surface area contributed by atoms with Crippen LogP contribution in [-0.2, 0) is 6.61 Å². The lowest BCUT2D eigenvalue weighted by molar-refractivity contribution is 0.280. The Hall–Kier alpha value is -1.16. The minimum Gasteiger partial charge on any atom is -0.392 e. The molecule has 1 aliphatic rings. The van der Waals surface area contributed by atoms with Crippen molar-refractivity contribution in [2.24, 2.45) is 5.92 Å². The van der Waals surface area contributed by atoms with E-state index in [2.05, 4.69) is 28.7 Å². The summed E-state index contributed by atoms with van der Waals surface area (Å²) in [5, 5.41) is 9.21. The van der Waals surface area contributed by atoms with Gasteiger partial charge in [-0.1, -0.05) is 26.7 Å². The number of aryl methyl sites for hydroxylation is 1. The number of aromatic nitrogens is 2. The summed E-state index contributed by atoms with van der Waals surface area (Å²) in [7, 11) is 0. The topological polar surface area (TPSA) is 49.2 Å². The second-order valence-corrected chi connectivity index (χ2v) is 5.92. The molecule has 1 saturated carbocycles. The third-order valence-electron chi connectivity index (χ3n) is 3.82. The maximum Gasteiger partial charge on any atom is 0.225 e. The van der Waals surface area contributed by atoms with Gasteiger partial charge < -0.3 is 10.0 Å². The maximum atomic E-state index is 9.21. The molecule has 0 aromatic carbocycles. The molecule has 1 fully saturated rings. The van der Waals surface area contributed by atoms with Crippen LogP contribution in [0.25, 0.3) is 0 Å². The Morgan fingerprint density at radius 3 is 2.58 bits per heavy atom. The number of aliphatic hydroxyl groups is 1. The van der Waals surface area contributed by atoms with Gasteiger partial charge in [-0.3, -0.25) is 0 Å². The molecule has 106 valence electrons. The predicted molar refractivity (Wildman–Crippen MR) is 77.1 cm³/mol. The molecule has 0 bridgehead atoms. The van der Waals surface area contributed by atoms with E-state index >= 15 is 0 Å². The van der Waals surface area contributed by atoms with Gasteiger partial charge in [0.15, 0.2) is 0 Å². The number of rotatable bonds is 5. The zero-order valence-corrected chi connectivity index (χ0v) is 12.3. The van der Waals surface area contributed by atoms with Gasteiger partial charge in [-0.25, -0.2) is 9.97 Å². The normalized spacial score (nSPS) is 16.3. The molecule has 1 aromatic rings. The molecule has 0 saturated heterocycles. The summed E-state index contributed by atoms with van der Waals surface area (Å²) >= 11 is 0. The number of hydrogen-bond donors (Lipinski definition) is 1. The molecular formula is C15H25N3O. The minimum absolute atomic E-state index is 0.0136. The van der Waals surface area contributed by atoms with E-state index in [0.717, 1.165) is 23.8 Å². The molecule has 1 heterocycles. The van der Waals surface area contributed by atoms with Crippen LogP contribution in [0.1, 0.15) is 50.8 Å². The standard InChI is InChI=1S/C15H25N3O/c1-11(2)9-18(14-6-4-5-7-14)15-16-8-13(10-19)12(3)17-15/h8,11,14,19H,4-7,9-10H2,1-3H3. The molecule has 1 aliphatic carbocycles. The lowest BCUT2D eigenvalue weighted by Gasteiger charge is -2.30. The van der Waals surface area contributed by atoms with E-state index in [1.165, 1.54) is 25.7 Å². The molecular weight excluding hydrogens is 238 g/mol. The molecule has 0 amide bonds. The average Bonchev–Trinajstić information content (AvgIpc) is 2.89. The Balaban J connectivity index is 2.23. The zero-order chi connectivity index (χ0) is 13.8. The van der Waals surface area contributed by atoms with Gasteiger partial charge >= 0.3 is 0 Å². The van der Waals surface area contributed by atoms with E-state index in [9.17, 15) is 5.11 Å². The van der Waals surface area contributed by atoms with Gasteiger partial charge in [0, 0.05) is 30.0 Å². The Bertz CT molecular complexity index is 414. The maximum absolute atomic E-state index is 9.21. The van der Waals surface area contributed by atoms with E-state index in [1.54, 1.807) is 6.20 Å². The van der Waals surface area contributed by atoms with Crippen LogP contribution in [0.2, 0.25) is 0 Å². The van der Waals surface area contributed by atoms with E-state index in [1.807, 2.05) is 6.92 Å². The van der Waals surface area contributed by atoms with E-state index in [4.69, 9.17) is 0 Å².